The summed E-state index contributed by atoms with van der Waals surface area (Å²) in [5.41, 5.74) is 2.66. The van der Waals surface area contributed by atoms with Crippen LogP contribution in [0, 0.1) is 5.92 Å². The molecule has 0 bridgehead atoms. The monoisotopic (exact) mass is 307 g/mol. The molecule has 1 saturated heterocycles. The summed E-state index contributed by atoms with van der Waals surface area (Å²) in [5.74, 6) is 1.20. The molecule has 1 aromatic rings. The molecule has 0 aliphatic carbocycles. The fourth-order valence-electron chi connectivity index (χ4n) is 3.63. The van der Waals surface area contributed by atoms with Crippen LogP contribution in [-0.4, -0.2) is 54.2 Å². The summed E-state index contributed by atoms with van der Waals surface area (Å²) >= 11 is 0. The van der Waals surface area contributed by atoms with Crippen molar-refractivity contribution in [1.29, 1.82) is 0 Å². The molecule has 124 valence electrons. The molecule has 1 fully saturated rings. The van der Waals surface area contributed by atoms with Crippen molar-refractivity contribution in [2.24, 2.45) is 5.92 Å². The maximum absolute atomic E-state index is 5.72. The van der Waals surface area contributed by atoms with E-state index in [2.05, 4.69) is 29.6 Å². The third-order valence-electron chi connectivity index (χ3n) is 4.83. The molecular weight excluding hydrogens is 278 g/mol. The first-order chi connectivity index (χ1) is 10.8. The zero-order chi connectivity index (χ0) is 15.4. The van der Waals surface area contributed by atoms with Gasteiger partial charge in [0.15, 0.2) is 0 Å². The minimum absolute atomic E-state index is 0.413. The van der Waals surface area contributed by atoms with E-state index < -0.39 is 0 Å². The fraction of sp³-hybridized carbons (Fsp3) is 0.824. The molecule has 0 saturated carbocycles. The van der Waals surface area contributed by atoms with Gasteiger partial charge in [-0.05, 0) is 32.6 Å². The molecule has 5 heteroatoms. The predicted octanol–water partition coefficient (Wildman–Crippen LogP) is 2.27. The molecule has 3 rings (SSSR count). The Morgan fingerprint density at radius 2 is 2.14 bits per heavy atom. The number of hydrogen-bond donors (Lipinski definition) is 0. The summed E-state index contributed by atoms with van der Waals surface area (Å²) < 4.78 is 13.3. The maximum atomic E-state index is 5.72. The van der Waals surface area contributed by atoms with E-state index >= 15 is 0 Å². The summed E-state index contributed by atoms with van der Waals surface area (Å²) in [5, 5.41) is 4.77. The lowest BCUT2D eigenvalue weighted by atomic mass is 9.94. The Labute approximate surface area is 133 Å². The zero-order valence-corrected chi connectivity index (χ0v) is 14.0. The molecule has 2 aliphatic rings. The minimum Gasteiger partial charge on any atom is -0.381 e. The smallest absolute Gasteiger partial charge is 0.0736 e. The standard InChI is InChI=1S/C17H29N3O2/c1-3-20-12-15-10-19(9-14-5-7-22-8-6-14)11-16(13-21-4-2)17(15)18-20/h12,14,16H,3-11,13H2,1-2H3/t16-/m1/s1. The molecule has 2 aliphatic heterocycles. The molecule has 0 radical (unpaired) electrons. The Balaban J connectivity index is 1.69. The second-order valence-corrected chi connectivity index (χ2v) is 6.50. The average Bonchev–Trinajstić information content (AvgIpc) is 2.97. The highest BCUT2D eigenvalue weighted by Crippen LogP contribution is 2.29. The SMILES string of the molecule is CCOC[C@H]1CN(CC2CCOCC2)Cc2cn(CC)nc21. The van der Waals surface area contributed by atoms with Crippen LogP contribution in [0.25, 0.3) is 0 Å². The lowest BCUT2D eigenvalue weighted by Gasteiger charge is -2.35. The topological polar surface area (TPSA) is 39.5 Å². The molecule has 1 aromatic heterocycles. The Bertz CT molecular complexity index is 468. The van der Waals surface area contributed by atoms with Crippen molar-refractivity contribution < 1.29 is 9.47 Å². The third-order valence-corrected chi connectivity index (χ3v) is 4.83. The van der Waals surface area contributed by atoms with Crippen LogP contribution < -0.4 is 0 Å². The fourth-order valence-corrected chi connectivity index (χ4v) is 3.63. The summed E-state index contributed by atoms with van der Waals surface area (Å²) in [6.07, 6.45) is 4.63. The van der Waals surface area contributed by atoms with Gasteiger partial charge in [-0.15, -0.1) is 0 Å². The first-order valence-corrected chi connectivity index (χ1v) is 8.74. The van der Waals surface area contributed by atoms with Gasteiger partial charge < -0.3 is 9.47 Å². The average molecular weight is 307 g/mol. The van der Waals surface area contributed by atoms with Crippen LogP contribution >= 0.6 is 0 Å². The summed E-state index contributed by atoms with van der Waals surface area (Å²) in [7, 11) is 0. The lowest BCUT2D eigenvalue weighted by Crippen LogP contribution is -2.39. The van der Waals surface area contributed by atoms with E-state index in [0.29, 0.717) is 5.92 Å². The normalized spacial score (nSPS) is 23.6. The van der Waals surface area contributed by atoms with Crippen LogP contribution in [0.2, 0.25) is 0 Å². The molecule has 0 unspecified atom stereocenters. The van der Waals surface area contributed by atoms with Gasteiger partial charge in [0.2, 0.25) is 0 Å². The van der Waals surface area contributed by atoms with Crippen LogP contribution in [0.1, 0.15) is 43.9 Å². The predicted molar refractivity (Wildman–Crippen MR) is 86.0 cm³/mol. The van der Waals surface area contributed by atoms with Crippen LogP contribution in [0.5, 0.6) is 0 Å². The van der Waals surface area contributed by atoms with Crippen molar-refractivity contribution in [3.05, 3.63) is 17.5 Å². The van der Waals surface area contributed by atoms with Gasteiger partial charge in [-0.1, -0.05) is 0 Å². The zero-order valence-electron chi connectivity index (χ0n) is 14.0. The Morgan fingerprint density at radius 1 is 1.32 bits per heavy atom. The summed E-state index contributed by atoms with van der Waals surface area (Å²) in [4.78, 5) is 2.60. The van der Waals surface area contributed by atoms with E-state index in [1.807, 2.05) is 0 Å². The highest BCUT2D eigenvalue weighted by atomic mass is 16.5. The van der Waals surface area contributed by atoms with Gasteiger partial charge in [0.25, 0.3) is 0 Å². The van der Waals surface area contributed by atoms with Gasteiger partial charge in [-0.3, -0.25) is 9.58 Å². The van der Waals surface area contributed by atoms with E-state index in [1.165, 1.54) is 30.6 Å². The van der Waals surface area contributed by atoms with E-state index in [-0.39, 0.29) is 0 Å². The third kappa shape index (κ3) is 3.70. The second kappa shape index (κ2) is 7.57. The van der Waals surface area contributed by atoms with Crippen LogP contribution in [0.3, 0.4) is 0 Å². The largest absolute Gasteiger partial charge is 0.381 e. The number of nitrogens with zero attached hydrogens (tertiary/aromatic N) is 3. The molecule has 0 spiro atoms. The number of aromatic nitrogens is 2. The summed E-state index contributed by atoms with van der Waals surface area (Å²) in [6, 6.07) is 0. The number of rotatable bonds is 6. The second-order valence-electron chi connectivity index (χ2n) is 6.50. The summed E-state index contributed by atoms with van der Waals surface area (Å²) in [6.45, 7) is 11.9. The van der Waals surface area contributed by atoms with Crippen molar-refractivity contribution in [3.63, 3.8) is 0 Å². The lowest BCUT2D eigenvalue weighted by molar-refractivity contribution is 0.0444. The van der Waals surface area contributed by atoms with E-state index in [4.69, 9.17) is 14.6 Å². The molecule has 0 aromatic carbocycles. The molecule has 22 heavy (non-hydrogen) atoms. The Kier molecular flexibility index (Phi) is 5.50. The number of fused-ring (bicyclic) bond motifs is 1. The van der Waals surface area contributed by atoms with E-state index in [1.54, 1.807) is 0 Å². The van der Waals surface area contributed by atoms with Crippen LogP contribution in [0.15, 0.2) is 6.20 Å². The number of ether oxygens (including phenoxy) is 2. The van der Waals surface area contributed by atoms with Crippen molar-refractivity contribution >= 4 is 0 Å². The van der Waals surface area contributed by atoms with Crippen molar-refractivity contribution in [1.82, 2.24) is 14.7 Å². The van der Waals surface area contributed by atoms with Gasteiger partial charge >= 0.3 is 0 Å². The van der Waals surface area contributed by atoms with Crippen molar-refractivity contribution in [3.8, 4) is 0 Å². The highest BCUT2D eigenvalue weighted by molar-refractivity contribution is 5.24. The molecule has 5 nitrogen and oxygen atoms in total. The van der Waals surface area contributed by atoms with E-state index in [9.17, 15) is 0 Å². The van der Waals surface area contributed by atoms with Crippen molar-refractivity contribution in [2.45, 2.75) is 45.7 Å². The van der Waals surface area contributed by atoms with Crippen molar-refractivity contribution in [2.75, 3.05) is 39.5 Å². The Hall–Kier alpha value is -0.910. The molecule has 1 atom stereocenters. The molecule has 0 N–H and O–H groups in total. The highest BCUT2D eigenvalue weighted by Gasteiger charge is 2.30. The molecule has 0 amide bonds. The van der Waals surface area contributed by atoms with Crippen LogP contribution in [0.4, 0.5) is 0 Å². The quantitative estimate of drug-likeness (QED) is 0.808. The van der Waals surface area contributed by atoms with Crippen LogP contribution in [-0.2, 0) is 22.6 Å². The van der Waals surface area contributed by atoms with Gasteiger partial charge in [-0.25, -0.2) is 0 Å². The van der Waals surface area contributed by atoms with Gasteiger partial charge in [-0.2, -0.15) is 5.10 Å². The number of aryl methyl sites for hydroxylation is 1. The number of hydrogen-bond acceptors (Lipinski definition) is 4. The Morgan fingerprint density at radius 3 is 2.86 bits per heavy atom. The first-order valence-electron chi connectivity index (χ1n) is 8.74. The maximum Gasteiger partial charge on any atom is 0.0736 e. The van der Waals surface area contributed by atoms with Gasteiger partial charge in [0, 0.05) is 63.7 Å². The van der Waals surface area contributed by atoms with E-state index in [0.717, 1.165) is 52.0 Å². The van der Waals surface area contributed by atoms with Gasteiger partial charge in [0.1, 0.15) is 0 Å². The molecular formula is C17H29N3O2. The van der Waals surface area contributed by atoms with Gasteiger partial charge in [0.05, 0.1) is 12.3 Å². The minimum atomic E-state index is 0.413. The molecule has 3 heterocycles. The first kappa shape index (κ1) is 16.0.